The van der Waals surface area contributed by atoms with Gasteiger partial charge in [0, 0.05) is 25.3 Å². The molecule has 0 amide bonds. The van der Waals surface area contributed by atoms with Crippen LogP contribution >= 0.6 is 0 Å². The summed E-state index contributed by atoms with van der Waals surface area (Å²) in [4.78, 5) is 12.1. The lowest BCUT2D eigenvalue weighted by atomic mass is 9.96. The minimum atomic E-state index is 0.430. The van der Waals surface area contributed by atoms with Crippen molar-refractivity contribution in [3.8, 4) is 0 Å². The van der Waals surface area contributed by atoms with Crippen molar-refractivity contribution in [2.24, 2.45) is 5.92 Å². The van der Waals surface area contributed by atoms with Crippen LogP contribution in [0.3, 0.4) is 0 Å². The number of likely N-dealkylation sites (tertiary alicyclic amines) is 1. The summed E-state index contributed by atoms with van der Waals surface area (Å²) in [6.45, 7) is 8.59. The average Bonchev–Trinajstić information content (AvgIpc) is 3.24. The predicted molar refractivity (Wildman–Crippen MR) is 90.5 cm³/mol. The average molecular weight is 314 g/mol. The molecule has 4 rings (SSSR count). The van der Waals surface area contributed by atoms with Crippen LogP contribution in [-0.4, -0.2) is 52.3 Å². The summed E-state index contributed by atoms with van der Waals surface area (Å²) in [5, 5.41) is 0. The van der Waals surface area contributed by atoms with Gasteiger partial charge in [0.25, 0.3) is 0 Å². The summed E-state index contributed by atoms with van der Waals surface area (Å²) in [6.07, 6.45) is 5.52. The third-order valence-electron chi connectivity index (χ3n) is 5.42. The number of hydrogen-bond acceptors (Lipinski definition) is 4. The summed E-state index contributed by atoms with van der Waals surface area (Å²) in [7, 11) is 0. The molecule has 23 heavy (non-hydrogen) atoms. The number of aromatic nitrogens is 3. The number of pyridine rings is 1. The Bertz CT molecular complexity index is 654. The van der Waals surface area contributed by atoms with Gasteiger partial charge in [-0.2, -0.15) is 0 Å². The van der Waals surface area contributed by atoms with Crippen molar-refractivity contribution in [3.63, 3.8) is 0 Å². The molecule has 0 aromatic carbocycles. The van der Waals surface area contributed by atoms with Gasteiger partial charge in [-0.05, 0) is 56.9 Å². The smallest absolute Gasteiger partial charge is 0.160 e. The van der Waals surface area contributed by atoms with Gasteiger partial charge in [-0.25, -0.2) is 9.97 Å². The second kappa shape index (κ2) is 6.57. The van der Waals surface area contributed by atoms with Gasteiger partial charge in [-0.3, -0.25) is 0 Å². The van der Waals surface area contributed by atoms with Gasteiger partial charge in [-0.15, -0.1) is 0 Å². The molecule has 0 spiro atoms. The topological polar surface area (TPSA) is 43.2 Å². The van der Waals surface area contributed by atoms with E-state index < -0.39 is 0 Å². The first-order chi connectivity index (χ1) is 11.3. The summed E-state index contributed by atoms with van der Waals surface area (Å²) < 4.78 is 7.99. The van der Waals surface area contributed by atoms with Crippen molar-refractivity contribution < 1.29 is 4.74 Å². The van der Waals surface area contributed by atoms with Crippen LogP contribution in [-0.2, 0) is 11.3 Å². The Morgan fingerprint density at radius 1 is 1.26 bits per heavy atom. The number of hydrogen-bond donors (Lipinski definition) is 0. The first-order valence-electron chi connectivity index (χ1n) is 8.96. The first-order valence-corrected chi connectivity index (χ1v) is 8.96. The van der Waals surface area contributed by atoms with Gasteiger partial charge >= 0.3 is 0 Å². The number of piperidine rings is 1. The first kappa shape index (κ1) is 15.1. The van der Waals surface area contributed by atoms with E-state index in [0.717, 1.165) is 43.3 Å². The Morgan fingerprint density at radius 2 is 2.13 bits per heavy atom. The van der Waals surface area contributed by atoms with Crippen molar-refractivity contribution in [2.75, 3.05) is 32.8 Å². The molecule has 0 saturated carbocycles. The van der Waals surface area contributed by atoms with Crippen LogP contribution in [0.25, 0.3) is 11.2 Å². The lowest BCUT2D eigenvalue weighted by Crippen LogP contribution is -2.35. The van der Waals surface area contributed by atoms with Crippen LogP contribution in [0.4, 0.5) is 0 Å². The highest BCUT2D eigenvalue weighted by atomic mass is 16.5. The number of ether oxygens (including phenoxy) is 1. The fourth-order valence-corrected chi connectivity index (χ4v) is 3.95. The van der Waals surface area contributed by atoms with Gasteiger partial charge in [0.05, 0.1) is 6.61 Å². The molecule has 2 aromatic heterocycles. The fraction of sp³-hybridized carbons (Fsp3) is 0.667. The van der Waals surface area contributed by atoms with E-state index in [1.807, 2.05) is 12.3 Å². The van der Waals surface area contributed by atoms with Crippen molar-refractivity contribution in [2.45, 2.75) is 38.6 Å². The molecule has 2 saturated heterocycles. The molecule has 2 fully saturated rings. The van der Waals surface area contributed by atoms with Gasteiger partial charge in [0.15, 0.2) is 5.65 Å². The molecule has 1 unspecified atom stereocenters. The van der Waals surface area contributed by atoms with Crippen LogP contribution in [0, 0.1) is 5.92 Å². The van der Waals surface area contributed by atoms with Crippen molar-refractivity contribution in [3.05, 3.63) is 24.2 Å². The monoisotopic (exact) mass is 314 g/mol. The summed E-state index contributed by atoms with van der Waals surface area (Å²) in [5.41, 5.74) is 2.08. The maximum absolute atomic E-state index is 5.60. The Kier molecular flexibility index (Phi) is 4.31. The van der Waals surface area contributed by atoms with Crippen LogP contribution < -0.4 is 0 Å². The van der Waals surface area contributed by atoms with Crippen LogP contribution in [0.2, 0.25) is 0 Å². The summed E-state index contributed by atoms with van der Waals surface area (Å²) in [5.74, 6) is 2.35. The summed E-state index contributed by atoms with van der Waals surface area (Å²) >= 11 is 0. The van der Waals surface area contributed by atoms with Gasteiger partial charge in [0.2, 0.25) is 0 Å². The standard InChI is InChI=1S/C18H26N4O/c1-2-21-9-5-14(6-10-21)12-22-17(15-7-11-23-13-15)20-16-4-3-8-19-18(16)22/h3-4,8,14-15H,2,5-7,9-13H2,1H3. The third kappa shape index (κ3) is 3.00. The largest absolute Gasteiger partial charge is 0.381 e. The predicted octanol–water partition coefficient (Wildman–Crippen LogP) is 2.67. The van der Waals surface area contributed by atoms with Crippen LogP contribution in [0.15, 0.2) is 18.3 Å². The molecule has 0 N–H and O–H groups in total. The highest BCUT2D eigenvalue weighted by Crippen LogP contribution is 2.29. The van der Waals surface area contributed by atoms with Gasteiger partial charge in [-0.1, -0.05) is 6.92 Å². The zero-order valence-electron chi connectivity index (χ0n) is 13.9. The minimum Gasteiger partial charge on any atom is -0.381 e. The molecule has 0 radical (unpaired) electrons. The van der Waals surface area contributed by atoms with Crippen LogP contribution in [0.5, 0.6) is 0 Å². The quantitative estimate of drug-likeness (QED) is 0.870. The molecular formula is C18H26N4O. The number of imidazole rings is 1. The zero-order valence-corrected chi connectivity index (χ0v) is 13.9. The molecule has 5 nitrogen and oxygen atoms in total. The Balaban J connectivity index is 1.61. The molecule has 2 aromatic rings. The van der Waals surface area contributed by atoms with E-state index in [2.05, 4.69) is 27.4 Å². The molecule has 0 aliphatic carbocycles. The Morgan fingerprint density at radius 3 is 2.87 bits per heavy atom. The van der Waals surface area contributed by atoms with Crippen LogP contribution in [0.1, 0.15) is 37.9 Å². The zero-order chi connectivity index (χ0) is 15.6. The fourth-order valence-electron chi connectivity index (χ4n) is 3.95. The molecule has 0 bridgehead atoms. The molecule has 2 aliphatic rings. The van der Waals surface area contributed by atoms with Crippen molar-refractivity contribution in [1.29, 1.82) is 0 Å². The number of fused-ring (bicyclic) bond motifs is 1. The molecular weight excluding hydrogens is 288 g/mol. The van der Waals surface area contributed by atoms with Crippen molar-refractivity contribution in [1.82, 2.24) is 19.4 Å². The SMILES string of the molecule is CCN1CCC(Cn2c(C3CCOC3)nc3cccnc32)CC1. The number of nitrogens with zero attached hydrogens (tertiary/aromatic N) is 4. The van der Waals surface area contributed by atoms with E-state index in [4.69, 9.17) is 9.72 Å². The Hall–Kier alpha value is -1.46. The number of rotatable bonds is 4. The highest BCUT2D eigenvalue weighted by molar-refractivity contribution is 5.71. The third-order valence-corrected chi connectivity index (χ3v) is 5.42. The van der Waals surface area contributed by atoms with E-state index in [9.17, 15) is 0 Å². The lowest BCUT2D eigenvalue weighted by molar-refractivity contribution is 0.179. The molecule has 5 heteroatoms. The van der Waals surface area contributed by atoms with Gasteiger partial charge in [0.1, 0.15) is 11.3 Å². The molecule has 124 valence electrons. The lowest BCUT2D eigenvalue weighted by Gasteiger charge is -2.31. The van der Waals surface area contributed by atoms with E-state index in [1.165, 1.54) is 38.3 Å². The normalized spacial score (nSPS) is 23.8. The summed E-state index contributed by atoms with van der Waals surface area (Å²) in [6, 6.07) is 4.06. The Labute approximate surface area is 137 Å². The molecule has 4 heterocycles. The molecule has 1 atom stereocenters. The minimum absolute atomic E-state index is 0.430. The van der Waals surface area contributed by atoms with E-state index in [1.54, 1.807) is 0 Å². The van der Waals surface area contributed by atoms with E-state index >= 15 is 0 Å². The maximum atomic E-state index is 5.60. The second-order valence-corrected chi connectivity index (χ2v) is 6.86. The van der Waals surface area contributed by atoms with E-state index in [0.29, 0.717) is 5.92 Å². The molecule has 2 aliphatic heterocycles. The maximum Gasteiger partial charge on any atom is 0.160 e. The second-order valence-electron chi connectivity index (χ2n) is 6.86. The van der Waals surface area contributed by atoms with Gasteiger partial charge < -0.3 is 14.2 Å². The van der Waals surface area contributed by atoms with Crippen molar-refractivity contribution >= 4 is 11.2 Å². The van der Waals surface area contributed by atoms with E-state index in [-0.39, 0.29) is 0 Å². The highest BCUT2D eigenvalue weighted by Gasteiger charge is 2.27.